The first-order valence-electron chi connectivity index (χ1n) is 10.5. The van der Waals surface area contributed by atoms with Crippen LogP contribution in [0.2, 0.25) is 0 Å². The second-order valence-electron chi connectivity index (χ2n) is 8.30. The molecule has 158 valence electrons. The highest BCUT2D eigenvalue weighted by Gasteiger charge is 2.25. The fraction of sp³-hybridized carbons (Fsp3) is 0.455. The standard InChI is InChI=1S/C22H28N6O2/c1-16(2)13-21(29)27-9-4-18(5-10-27)28-11-6-19(25-28)22(30)24-15-17-3-8-26-12-7-23-20(26)14-17/h3,6-8,11-12,14,16,18H,4-5,9-10,13,15H2,1-2H3,(H,24,30). The summed E-state index contributed by atoms with van der Waals surface area (Å²) in [5, 5.41) is 7.41. The zero-order valence-corrected chi connectivity index (χ0v) is 17.5. The van der Waals surface area contributed by atoms with E-state index < -0.39 is 0 Å². The van der Waals surface area contributed by atoms with E-state index in [1.165, 1.54) is 0 Å². The number of hydrogen-bond acceptors (Lipinski definition) is 4. The molecule has 8 heteroatoms. The number of carbonyl (C=O) groups excluding carboxylic acids is 2. The summed E-state index contributed by atoms with van der Waals surface area (Å²) in [6, 6.07) is 5.89. The van der Waals surface area contributed by atoms with Crippen LogP contribution < -0.4 is 5.32 Å². The van der Waals surface area contributed by atoms with Gasteiger partial charge in [0.25, 0.3) is 5.91 Å². The van der Waals surface area contributed by atoms with Crippen LogP contribution in [0, 0.1) is 5.92 Å². The van der Waals surface area contributed by atoms with Gasteiger partial charge in [0.05, 0.1) is 6.04 Å². The first-order valence-corrected chi connectivity index (χ1v) is 10.5. The van der Waals surface area contributed by atoms with Gasteiger partial charge in [-0.25, -0.2) is 4.98 Å². The predicted molar refractivity (Wildman–Crippen MR) is 113 cm³/mol. The molecule has 4 rings (SSSR count). The molecule has 1 N–H and O–H groups in total. The van der Waals surface area contributed by atoms with Crippen LogP contribution in [0.25, 0.3) is 5.65 Å². The maximum Gasteiger partial charge on any atom is 0.272 e. The molecule has 30 heavy (non-hydrogen) atoms. The number of amides is 2. The van der Waals surface area contributed by atoms with Crippen molar-refractivity contribution in [1.29, 1.82) is 0 Å². The molecule has 1 aliphatic heterocycles. The Bertz CT molecular complexity index is 1030. The normalized spacial score (nSPS) is 15.1. The summed E-state index contributed by atoms with van der Waals surface area (Å²) in [4.78, 5) is 31.0. The zero-order chi connectivity index (χ0) is 21.1. The molecule has 1 fully saturated rings. The van der Waals surface area contributed by atoms with Gasteiger partial charge in [0.1, 0.15) is 11.3 Å². The molecule has 8 nitrogen and oxygen atoms in total. The predicted octanol–water partition coefficient (Wildman–Crippen LogP) is 2.67. The van der Waals surface area contributed by atoms with Crippen LogP contribution in [-0.4, -0.2) is 49.0 Å². The molecule has 3 aromatic heterocycles. The van der Waals surface area contributed by atoms with Crippen LogP contribution in [0.15, 0.2) is 43.0 Å². The van der Waals surface area contributed by atoms with Crippen molar-refractivity contribution in [2.75, 3.05) is 13.1 Å². The SMILES string of the molecule is CC(C)CC(=O)N1CCC(n2ccc(C(=O)NCc3ccn4ccnc4c3)n2)CC1. The highest BCUT2D eigenvalue weighted by atomic mass is 16.2. The molecule has 4 heterocycles. The molecule has 0 atom stereocenters. The van der Waals surface area contributed by atoms with Crippen LogP contribution in [-0.2, 0) is 11.3 Å². The summed E-state index contributed by atoms with van der Waals surface area (Å²) in [6.45, 7) is 6.04. The third-order valence-corrected chi connectivity index (χ3v) is 5.53. The Hall–Kier alpha value is -3.16. The van der Waals surface area contributed by atoms with E-state index in [2.05, 4.69) is 29.2 Å². The van der Waals surface area contributed by atoms with Crippen molar-refractivity contribution >= 4 is 17.5 Å². The Kier molecular flexibility index (Phi) is 5.83. The number of fused-ring (bicyclic) bond motifs is 1. The van der Waals surface area contributed by atoms with Gasteiger partial charge in [0.2, 0.25) is 5.91 Å². The van der Waals surface area contributed by atoms with Gasteiger partial charge in [-0.15, -0.1) is 0 Å². The topological polar surface area (TPSA) is 84.5 Å². The Morgan fingerprint density at radius 2 is 1.97 bits per heavy atom. The third-order valence-electron chi connectivity index (χ3n) is 5.53. The van der Waals surface area contributed by atoms with E-state index in [9.17, 15) is 9.59 Å². The number of hydrogen-bond donors (Lipinski definition) is 1. The minimum Gasteiger partial charge on any atom is -0.347 e. The zero-order valence-electron chi connectivity index (χ0n) is 17.5. The molecule has 3 aromatic rings. The molecular formula is C22H28N6O2. The lowest BCUT2D eigenvalue weighted by Gasteiger charge is -2.32. The van der Waals surface area contributed by atoms with Gasteiger partial charge < -0.3 is 14.6 Å². The van der Waals surface area contributed by atoms with E-state index in [1.807, 2.05) is 44.7 Å². The minimum absolute atomic E-state index is 0.193. The van der Waals surface area contributed by atoms with Crippen LogP contribution >= 0.6 is 0 Å². The number of imidazole rings is 1. The van der Waals surface area contributed by atoms with Gasteiger partial charge in [-0.3, -0.25) is 14.3 Å². The largest absolute Gasteiger partial charge is 0.347 e. The summed E-state index contributed by atoms with van der Waals surface area (Å²) in [6.07, 6.45) is 9.74. The summed E-state index contributed by atoms with van der Waals surface area (Å²) >= 11 is 0. The summed E-state index contributed by atoms with van der Waals surface area (Å²) in [5.74, 6) is 0.419. The van der Waals surface area contributed by atoms with Crippen LogP contribution in [0.4, 0.5) is 0 Å². The Morgan fingerprint density at radius 3 is 2.73 bits per heavy atom. The van der Waals surface area contributed by atoms with Gasteiger partial charge in [-0.2, -0.15) is 5.10 Å². The number of rotatable bonds is 6. The molecule has 0 aliphatic carbocycles. The van der Waals surface area contributed by atoms with Gasteiger partial charge in [0, 0.05) is 50.8 Å². The summed E-state index contributed by atoms with van der Waals surface area (Å²) in [7, 11) is 0. The number of pyridine rings is 1. The van der Waals surface area contributed by atoms with E-state index in [4.69, 9.17) is 0 Å². The average molecular weight is 409 g/mol. The molecule has 1 aliphatic rings. The van der Waals surface area contributed by atoms with E-state index in [1.54, 1.807) is 12.3 Å². The van der Waals surface area contributed by atoms with Crippen molar-refractivity contribution in [3.8, 4) is 0 Å². The maximum atomic E-state index is 12.5. The van der Waals surface area contributed by atoms with Crippen LogP contribution in [0.3, 0.4) is 0 Å². The van der Waals surface area contributed by atoms with Crippen molar-refractivity contribution in [1.82, 2.24) is 29.4 Å². The lowest BCUT2D eigenvalue weighted by atomic mass is 10.0. The minimum atomic E-state index is -0.193. The first-order chi connectivity index (χ1) is 14.5. The third kappa shape index (κ3) is 4.53. The monoisotopic (exact) mass is 408 g/mol. The number of likely N-dealkylation sites (tertiary alicyclic amines) is 1. The van der Waals surface area contributed by atoms with E-state index in [0.29, 0.717) is 24.6 Å². The first kappa shape index (κ1) is 20.1. The average Bonchev–Trinajstić information content (AvgIpc) is 3.41. The number of aromatic nitrogens is 4. The van der Waals surface area contributed by atoms with Gasteiger partial charge >= 0.3 is 0 Å². The second-order valence-corrected chi connectivity index (χ2v) is 8.30. The summed E-state index contributed by atoms with van der Waals surface area (Å²) < 4.78 is 3.80. The van der Waals surface area contributed by atoms with Crippen molar-refractivity contribution < 1.29 is 9.59 Å². The molecule has 0 radical (unpaired) electrons. The molecule has 1 saturated heterocycles. The number of nitrogens with zero attached hydrogens (tertiary/aromatic N) is 5. The molecule has 0 aromatic carbocycles. The quantitative estimate of drug-likeness (QED) is 0.680. The molecule has 0 saturated carbocycles. The van der Waals surface area contributed by atoms with Gasteiger partial charge in [-0.05, 0) is 42.5 Å². The maximum absolute atomic E-state index is 12.5. The Balaban J connectivity index is 1.30. The van der Waals surface area contributed by atoms with Gasteiger partial charge in [0.15, 0.2) is 0 Å². The lowest BCUT2D eigenvalue weighted by molar-refractivity contribution is -0.133. The molecule has 0 bridgehead atoms. The molecule has 0 unspecified atom stereocenters. The molecular weight excluding hydrogens is 380 g/mol. The van der Waals surface area contributed by atoms with Crippen molar-refractivity contribution in [2.24, 2.45) is 5.92 Å². The van der Waals surface area contributed by atoms with Gasteiger partial charge in [-0.1, -0.05) is 13.8 Å². The Morgan fingerprint density at radius 1 is 1.17 bits per heavy atom. The van der Waals surface area contributed by atoms with E-state index in [0.717, 1.165) is 37.1 Å². The fourth-order valence-electron chi connectivity index (χ4n) is 3.86. The van der Waals surface area contributed by atoms with Crippen molar-refractivity contribution in [3.05, 3.63) is 54.2 Å². The number of carbonyl (C=O) groups is 2. The number of piperidine rings is 1. The fourth-order valence-corrected chi connectivity index (χ4v) is 3.86. The highest BCUT2D eigenvalue weighted by molar-refractivity contribution is 5.92. The Labute approximate surface area is 175 Å². The van der Waals surface area contributed by atoms with Crippen molar-refractivity contribution in [3.63, 3.8) is 0 Å². The number of nitrogens with one attached hydrogen (secondary N) is 1. The van der Waals surface area contributed by atoms with Crippen molar-refractivity contribution in [2.45, 2.75) is 45.7 Å². The summed E-state index contributed by atoms with van der Waals surface area (Å²) in [5.41, 5.74) is 2.25. The second kappa shape index (κ2) is 8.69. The lowest BCUT2D eigenvalue weighted by Crippen LogP contribution is -2.39. The molecule has 0 spiro atoms. The van der Waals surface area contributed by atoms with Crippen LogP contribution in [0.5, 0.6) is 0 Å². The molecule has 2 amide bonds. The highest BCUT2D eigenvalue weighted by Crippen LogP contribution is 2.23. The van der Waals surface area contributed by atoms with E-state index >= 15 is 0 Å². The smallest absolute Gasteiger partial charge is 0.272 e. The van der Waals surface area contributed by atoms with E-state index in [-0.39, 0.29) is 17.9 Å². The van der Waals surface area contributed by atoms with Crippen LogP contribution in [0.1, 0.15) is 55.2 Å².